The summed E-state index contributed by atoms with van der Waals surface area (Å²) < 4.78 is 0. The molecular formula is C16H33N3. The average molecular weight is 267 g/mol. The number of piperidine rings is 2. The first-order valence-electron chi connectivity index (χ1n) is 8.46. The molecule has 112 valence electrons. The topological polar surface area (TPSA) is 18.5 Å². The van der Waals surface area contributed by atoms with Crippen LogP contribution < -0.4 is 5.32 Å². The molecule has 0 aromatic heterocycles. The van der Waals surface area contributed by atoms with Crippen molar-refractivity contribution in [2.45, 2.75) is 52.0 Å². The van der Waals surface area contributed by atoms with Gasteiger partial charge in [-0.05, 0) is 83.8 Å². The molecule has 2 aliphatic heterocycles. The third-order valence-electron chi connectivity index (χ3n) is 5.00. The number of hydrogen-bond donors (Lipinski definition) is 1. The third kappa shape index (κ3) is 5.41. The monoisotopic (exact) mass is 267 g/mol. The Labute approximate surface area is 119 Å². The standard InChI is InChI=1S/C16H33N3/c1-3-18-13-7-16(8-14-18)17-9-4-10-19-11-5-15(2)6-12-19/h15-17H,3-14H2,1-2H3. The highest BCUT2D eigenvalue weighted by atomic mass is 15.1. The third-order valence-corrected chi connectivity index (χ3v) is 5.00. The SMILES string of the molecule is CCN1CCC(NCCCN2CCC(C)CC2)CC1. The molecule has 2 fully saturated rings. The van der Waals surface area contributed by atoms with Crippen LogP contribution in [0.15, 0.2) is 0 Å². The van der Waals surface area contributed by atoms with Gasteiger partial charge in [0.05, 0.1) is 0 Å². The van der Waals surface area contributed by atoms with Gasteiger partial charge in [-0.1, -0.05) is 13.8 Å². The van der Waals surface area contributed by atoms with E-state index in [1.807, 2.05) is 0 Å². The molecule has 0 aromatic rings. The summed E-state index contributed by atoms with van der Waals surface area (Å²) in [5.74, 6) is 0.957. The zero-order valence-electron chi connectivity index (χ0n) is 13.0. The van der Waals surface area contributed by atoms with Crippen molar-refractivity contribution in [2.24, 2.45) is 5.92 Å². The van der Waals surface area contributed by atoms with E-state index in [1.54, 1.807) is 0 Å². The lowest BCUT2D eigenvalue weighted by Gasteiger charge is -2.32. The van der Waals surface area contributed by atoms with Crippen molar-refractivity contribution in [1.29, 1.82) is 0 Å². The minimum absolute atomic E-state index is 0.782. The van der Waals surface area contributed by atoms with Crippen LogP contribution in [0.5, 0.6) is 0 Å². The minimum Gasteiger partial charge on any atom is -0.314 e. The van der Waals surface area contributed by atoms with E-state index in [0.717, 1.165) is 12.0 Å². The van der Waals surface area contributed by atoms with E-state index in [1.165, 1.54) is 77.9 Å². The van der Waals surface area contributed by atoms with Crippen LogP contribution in [-0.4, -0.2) is 61.7 Å². The first-order valence-corrected chi connectivity index (χ1v) is 8.46. The van der Waals surface area contributed by atoms with Crippen LogP contribution in [-0.2, 0) is 0 Å². The van der Waals surface area contributed by atoms with Gasteiger partial charge < -0.3 is 15.1 Å². The number of nitrogens with one attached hydrogen (secondary N) is 1. The Morgan fingerprint density at radius 2 is 1.58 bits per heavy atom. The van der Waals surface area contributed by atoms with E-state index in [2.05, 4.69) is 29.0 Å². The lowest BCUT2D eigenvalue weighted by atomic mass is 9.99. The average Bonchev–Trinajstić information content (AvgIpc) is 2.46. The largest absolute Gasteiger partial charge is 0.314 e. The summed E-state index contributed by atoms with van der Waals surface area (Å²) >= 11 is 0. The lowest BCUT2D eigenvalue weighted by molar-refractivity contribution is 0.184. The van der Waals surface area contributed by atoms with Crippen LogP contribution in [0.3, 0.4) is 0 Å². The van der Waals surface area contributed by atoms with Gasteiger partial charge in [0.15, 0.2) is 0 Å². The highest BCUT2D eigenvalue weighted by Crippen LogP contribution is 2.15. The number of rotatable bonds is 6. The second kappa shape index (κ2) is 8.23. The zero-order valence-corrected chi connectivity index (χ0v) is 13.0. The molecule has 0 spiro atoms. The van der Waals surface area contributed by atoms with Crippen LogP contribution in [0.25, 0.3) is 0 Å². The second-order valence-corrected chi connectivity index (χ2v) is 6.54. The maximum absolute atomic E-state index is 3.76. The Kier molecular flexibility index (Phi) is 6.62. The van der Waals surface area contributed by atoms with Crippen molar-refractivity contribution in [1.82, 2.24) is 15.1 Å². The Morgan fingerprint density at radius 1 is 0.947 bits per heavy atom. The van der Waals surface area contributed by atoms with Gasteiger partial charge in [0.2, 0.25) is 0 Å². The predicted octanol–water partition coefficient (Wildman–Crippen LogP) is 2.18. The zero-order chi connectivity index (χ0) is 13.5. The lowest BCUT2D eigenvalue weighted by Crippen LogP contribution is -2.43. The minimum atomic E-state index is 0.782. The first kappa shape index (κ1) is 15.3. The molecule has 1 N–H and O–H groups in total. The molecule has 0 aliphatic carbocycles. The number of nitrogens with zero attached hydrogens (tertiary/aromatic N) is 2. The second-order valence-electron chi connectivity index (χ2n) is 6.54. The van der Waals surface area contributed by atoms with Crippen molar-refractivity contribution < 1.29 is 0 Å². The van der Waals surface area contributed by atoms with Crippen molar-refractivity contribution in [3.05, 3.63) is 0 Å². The number of hydrogen-bond acceptors (Lipinski definition) is 3. The van der Waals surface area contributed by atoms with Gasteiger partial charge in [-0.2, -0.15) is 0 Å². The van der Waals surface area contributed by atoms with E-state index < -0.39 is 0 Å². The van der Waals surface area contributed by atoms with Gasteiger partial charge in [0.25, 0.3) is 0 Å². The van der Waals surface area contributed by atoms with Gasteiger partial charge >= 0.3 is 0 Å². The maximum atomic E-state index is 3.76. The highest BCUT2D eigenvalue weighted by molar-refractivity contribution is 4.77. The Hall–Kier alpha value is -0.120. The normalized spacial score (nSPS) is 24.9. The van der Waals surface area contributed by atoms with E-state index in [0.29, 0.717) is 0 Å². The summed E-state index contributed by atoms with van der Waals surface area (Å²) in [5.41, 5.74) is 0. The van der Waals surface area contributed by atoms with E-state index in [9.17, 15) is 0 Å². The van der Waals surface area contributed by atoms with Gasteiger partial charge in [-0.25, -0.2) is 0 Å². The van der Waals surface area contributed by atoms with Crippen molar-refractivity contribution in [2.75, 3.05) is 45.8 Å². The Bertz CT molecular complexity index is 228. The van der Waals surface area contributed by atoms with Crippen LogP contribution in [0.1, 0.15) is 46.0 Å². The van der Waals surface area contributed by atoms with Crippen LogP contribution in [0.4, 0.5) is 0 Å². The van der Waals surface area contributed by atoms with Gasteiger partial charge in [-0.15, -0.1) is 0 Å². The van der Waals surface area contributed by atoms with E-state index >= 15 is 0 Å². The van der Waals surface area contributed by atoms with Crippen molar-refractivity contribution >= 4 is 0 Å². The molecule has 2 aliphatic rings. The summed E-state index contributed by atoms with van der Waals surface area (Å²) in [7, 11) is 0. The molecule has 0 unspecified atom stereocenters. The van der Waals surface area contributed by atoms with Crippen LogP contribution in [0.2, 0.25) is 0 Å². The molecule has 0 radical (unpaired) electrons. The predicted molar refractivity (Wildman–Crippen MR) is 82.6 cm³/mol. The summed E-state index contributed by atoms with van der Waals surface area (Å²) in [6.07, 6.45) is 6.82. The molecule has 2 saturated heterocycles. The quantitative estimate of drug-likeness (QED) is 0.744. The summed E-state index contributed by atoms with van der Waals surface area (Å²) in [4.78, 5) is 5.22. The van der Waals surface area contributed by atoms with E-state index in [4.69, 9.17) is 0 Å². The van der Waals surface area contributed by atoms with Crippen molar-refractivity contribution in [3.8, 4) is 0 Å². The van der Waals surface area contributed by atoms with Crippen LogP contribution in [0, 0.1) is 5.92 Å². The maximum Gasteiger partial charge on any atom is 0.00914 e. The molecule has 0 amide bonds. The molecule has 2 rings (SSSR count). The Morgan fingerprint density at radius 3 is 2.21 bits per heavy atom. The fourth-order valence-corrected chi connectivity index (χ4v) is 3.35. The summed E-state index contributed by atoms with van der Waals surface area (Å²) in [5, 5.41) is 3.76. The smallest absolute Gasteiger partial charge is 0.00914 e. The van der Waals surface area contributed by atoms with Crippen LogP contribution >= 0.6 is 0 Å². The van der Waals surface area contributed by atoms with Gasteiger partial charge in [0, 0.05) is 6.04 Å². The molecule has 2 heterocycles. The highest BCUT2D eigenvalue weighted by Gasteiger charge is 2.18. The fourth-order valence-electron chi connectivity index (χ4n) is 3.35. The molecule has 0 saturated carbocycles. The number of likely N-dealkylation sites (tertiary alicyclic amines) is 2. The molecule has 0 atom stereocenters. The molecule has 3 heteroatoms. The molecular weight excluding hydrogens is 234 g/mol. The molecule has 0 bridgehead atoms. The molecule has 0 aromatic carbocycles. The van der Waals surface area contributed by atoms with E-state index in [-0.39, 0.29) is 0 Å². The first-order chi connectivity index (χ1) is 9.28. The van der Waals surface area contributed by atoms with Crippen molar-refractivity contribution in [3.63, 3.8) is 0 Å². The summed E-state index contributed by atoms with van der Waals surface area (Å²) in [6.45, 7) is 13.6. The Balaban J connectivity index is 1.48. The summed E-state index contributed by atoms with van der Waals surface area (Å²) in [6, 6.07) is 0.782. The van der Waals surface area contributed by atoms with Gasteiger partial charge in [-0.3, -0.25) is 0 Å². The molecule has 19 heavy (non-hydrogen) atoms. The van der Waals surface area contributed by atoms with Gasteiger partial charge in [0.1, 0.15) is 0 Å². The fraction of sp³-hybridized carbons (Fsp3) is 1.00. The molecule has 3 nitrogen and oxygen atoms in total.